The summed E-state index contributed by atoms with van der Waals surface area (Å²) in [5.41, 5.74) is 0.874. The Labute approximate surface area is 111 Å². The summed E-state index contributed by atoms with van der Waals surface area (Å²) in [7, 11) is 1.33. The third kappa shape index (κ3) is 2.03. The molecule has 3 aliphatic rings. The van der Waals surface area contributed by atoms with E-state index in [0.29, 0.717) is 31.0 Å². The first-order chi connectivity index (χ1) is 9.07. The van der Waals surface area contributed by atoms with Gasteiger partial charge in [-0.2, -0.15) is 0 Å². The van der Waals surface area contributed by atoms with Crippen molar-refractivity contribution in [2.24, 2.45) is 5.41 Å². The Bertz CT molecular complexity index is 479. The van der Waals surface area contributed by atoms with E-state index in [2.05, 4.69) is 16.6 Å². The number of methoxy groups -OCH3 is 1. The molecule has 0 aromatic carbocycles. The maximum absolute atomic E-state index is 11.3. The summed E-state index contributed by atoms with van der Waals surface area (Å²) in [4.78, 5) is 15.6. The van der Waals surface area contributed by atoms with Crippen molar-refractivity contribution in [2.45, 2.75) is 6.92 Å². The number of ether oxygens (including phenoxy) is 1. The van der Waals surface area contributed by atoms with E-state index in [4.69, 9.17) is 14.0 Å². The molecule has 1 aromatic rings. The zero-order valence-electron chi connectivity index (χ0n) is 10.9. The summed E-state index contributed by atoms with van der Waals surface area (Å²) in [5.74, 6) is -0.424. The molecule has 0 atom stereocenters. The Morgan fingerprint density at radius 1 is 1.32 bits per heavy atom. The van der Waals surface area contributed by atoms with E-state index in [1.165, 1.54) is 13.3 Å². The summed E-state index contributed by atoms with van der Waals surface area (Å²) >= 11 is 0. The standard InChI is InChI=1S/C12H15BNO5/c1-12-6-17-13(18-7-12,19-8-12)10-4-3-9(5-14-10)11(15)16-2/h3-5H,6-8H2,1-2H3/q-1. The van der Waals surface area contributed by atoms with Gasteiger partial charge < -0.3 is 18.7 Å². The van der Waals surface area contributed by atoms with Crippen LogP contribution in [-0.4, -0.2) is 44.6 Å². The van der Waals surface area contributed by atoms with Crippen LogP contribution in [0.25, 0.3) is 0 Å². The fourth-order valence-electron chi connectivity index (χ4n) is 2.31. The van der Waals surface area contributed by atoms with Crippen molar-refractivity contribution in [3.05, 3.63) is 23.9 Å². The third-order valence-corrected chi connectivity index (χ3v) is 3.52. The quantitative estimate of drug-likeness (QED) is 0.557. The van der Waals surface area contributed by atoms with Gasteiger partial charge in [0.15, 0.2) is 0 Å². The van der Waals surface area contributed by atoms with Crippen molar-refractivity contribution in [1.82, 2.24) is 4.98 Å². The molecule has 19 heavy (non-hydrogen) atoms. The highest BCUT2D eigenvalue weighted by atomic mass is 16.8. The molecule has 0 radical (unpaired) electrons. The molecule has 0 spiro atoms. The number of nitrogens with zero attached hydrogens (tertiary/aromatic N) is 1. The lowest BCUT2D eigenvalue weighted by atomic mass is 9.67. The van der Waals surface area contributed by atoms with Gasteiger partial charge in [0.05, 0.1) is 12.7 Å². The van der Waals surface area contributed by atoms with E-state index in [1.807, 2.05) is 0 Å². The molecule has 6 nitrogen and oxygen atoms in total. The van der Waals surface area contributed by atoms with E-state index in [9.17, 15) is 4.79 Å². The first kappa shape index (κ1) is 12.6. The molecule has 0 amide bonds. The lowest BCUT2D eigenvalue weighted by Gasteiger charge is -2.57. The fraction of sp³-hybridized carbons (Fsp3) is 0.500. The summed E-state index contributed by atoms with van der Waals surface area (Å²) in [6, 6.07) is 3.31. The minimum Gasteiger partial charge on any atom is -0.539 e. The molecule has 0 aliphatic carbocycles. The maximum Gasteiger partial charge on any atom is 0.427 e. The van der Waals surface area contributed by atoms with Crippen molar-refractivity contribution >= 4 is 18.3 Å². The molecular formula is C12H15BNO5-. The number of pyridine rings is 1. The number of esters is 1. The SMILES string of the molecule is COC(=O)c1ccc([B-]23OCC(C)(CO2)CO3)nc1. The van der Waals surface area contributed by atoms with E-state index in [-0.39, 0.29) is 5.41 Å². The van der Waals surface area contributed by atoms with E-state index in [0.717, 1.165) is 0 Å². The number of hydrogen-bond donors (Lipinski definition) is 0. The lowest BCUT2D eigenvalue weighted by molar-refractivity contribution is -0.119. The molecule has 4 rings (SSSR count). The summed E-state index contributed by atoms with van der Waals surface area (Å²) < 4.78 is 21.8. The second-order valence-corrected chi connectivity index (χ2v) is 5.35. The predicted octanol–water partition coefficient (Wildman–Crippen LogP) is 0.0974. The fourth-order valence-corrected chi connectivity index (χ4v) is 2.31. The van der Waals surface area contributed by atoms with Crippen LogP contribution in [0.3, 0.4) is 0 Å². The lowest BCUT2D eigenvalue weighted by Crippen LogP contribution is -2.69. The maximum atomic E-state index is 11.3. The van der Waals surface area contributed by atoms with Gasteiger partial charge in [-0.1, -0.05) is 13.0 Å². The van der Waals surface area contributed by atoms with Gasteiger partial charge in [0.1, 0.15) is 0 Å². The van der Waals surface area contributed by atoms with E-state index in [1.54, 1.807) is 12.1 Å². The zero-order valence-corrected chi connectivity index (χ0v) is 10.9. The topological polar surface area (TPSA) is 66.9 Å². The van der Waals surface area contributed by atoms with Crippen LogP contribution in [0, 0.1) is 5.41 Å². The minimum atomic E-state index is -1.96. The van der Waals surface area contributed by atoms with Crippen LogP contribution in [-0.2, 0) is 18.7 Å². The molecular weight excluding hydrogens is 249 g/mol. The normalized spacial score (nSPS) is 33.2. The van der Waals surface area contributed by atoms with Gasteiger partial charge in [0.2, 0.25) is 0 Å². The smallest absolute Gasteiger partial charge is 0.427 e. The Morgan fingerprint density at radius 3 is 2.42 bits per heavy atom. The Kier molecular flexibility index (Phi) is 2.85. The molecule has 2 bridgehead atoms. The molecule has 0 N–H and O–H groups in total. The highest BCUT2D eigenvalue weighted by Crippen LogP contribution is 2.34. The first-order valence-electron chi connectivity index (χ1n) is 6.17. The molecule has 7 heteroatoms. The van der Waals surface area contributed by atoms with Crippen LogP contribution in [0.5, 0.6) is 0 Å². The molecule has 1 aromatic heterocycles. The van der Waals surface area contributed by atoms with Crippen molar-refractivity contribution in [2.75, 3.05) is 26.9 Å². The van der Waals surface area contributed by atoms with Crippen molar-refractivity contribution in [3.8, 4) is 0 Å². The second kappa shape index (κ2) is 4.30. The van der Waals surface area contributed by atoms with Gasteiger partial charge in [-0.05, 0) is 11.7 Å². The number of rotatable bonds is 2. The highest BCUT2D eigenvalue weighted by molar-refractivity contribution is 6.74. The van der Waals surface area contributed by atoms with Gasteiger partial charge in [-0.3, -0.25) is 4.98 Å². The zero-order chi connectivity index (χ0) is 13.5. The molecule has 3 saturated heterocycles. The van der Waals surface area contributed by atoms with E-state index < -0.39 is 12.7 Å². The molecule has 4 heterocycles. The number of aromatic nitrogens is 1. The number of carbonyl (C=O) groups excluding carboxylic acids is 1. The molecule has 3 fully saturated rings. The monoisotopic (exact) mass is 264 g/mol. The van der Waals surface area contributed by atoms with E-state index >= 15 is 0 Å². The van der Waals surface area contributed by atoms with Crippen LogP contribution in [0.15, 0.2) is 18.3 Å². The second-order valence-electron chi connectivity index (χ2n) is 5.35. The van der Waals surface area contributed by atoms with Gasteiger partial charge >= 0.3 is 12.7 Å². The third-order valence-electron chi connectivity index (χ3n) is 3.52. The van der Waals surface area contributed by atoms with Gasteiger partial charge in [-0.25, -0.2) is 4.79 Å². The molecule has 0 saturated carbocycles. The Balaban J connectivity index is 1.85. The van der Waals surface area contributed by atoms with Crippen LogP contribution >= 0.6 is 0 Å². The largest absolute Gasteiger partial charge is 0.539 e. The average molecular weight is 264 g/mol. The number of fused-ring (bicyclic) bond motifs is 3. The van der Waals surface area contributed by atoms with Gasteiger partial charge in [0, 0.05) is 31.4 Å². The van der Waals surface area contributed by atoms with Gasteiger partial charge in [-0.15, -0.1) is 0 Å². The summed E-state index contributed by atoms with van der Waals surface area (Å²) in [6.07, 6.45) is 1.44. The molecule has 0 unspecified atom stereocenters. The Hall–Kier alpha value is -1.44. The predicted molar refractivity (Wildman–Crippen MR) is 66.9 cm³/mol. The number of carbonyl (C=O) groups is 1. The van der Waals surface area contributed by atoms with Crippen LogP contribution < -0.4 is 5.59 Å². The summed E-state index contributed by atoms with van der Waals surface area (Å²) in [5, 5.41) is 0. The van der Waals surface area contributed by atoms with Crippen LogP contribution in [0.4, 0.5) is 0 Å². The average Bonchev–Trinajstić information content (AvgIpc) is 2.48. The Morgan fingerprint density at radius 2 is 1.95 bits per heavy atom. The van der Waals surface area contributed by atoms with Crippen LogP contribution in [0.2, 0.25) is 0 Å². The highest BCUT2D eigenvalue weighted by Gasteiger charge is 2.47. The van der Waals surface area contributed by atoms with Crippen molar-refractivity contribution in [3.63, 3.8) is 0 Å². The molecule has 3 aliphatic heterocycles. The summed E-state index contributed by atoms with van der Waals surface area (Å²) in [6.45, 7) is 1.87. The minimum absolute atomic E-state index is 0.0740. The first-order valence-corrected chi connectivity index (χ1v) is 6.17. The number of hydrogen-bond acceptors (Lipinski definition) is 6. The van der Waals surface area contributed by atoms with Gasteiger partial charge in [0.25, 0.3) is 0 Å². The van der Waals surface area contributed by atoms with Crippen LogP contribution in [0.1, 0.15) is 17.3 Å². The van der Waals surface area contributed by atoms with Crippen molar-refractivity contribution in [1.29, 1.82) is 0 Å². The van der Waals surface area contributed by atoms with Crippen molar-refractivity contribution < 1.29 is 23.5 Å². The molecule has 102 valence electrons.